The van der Waals surface area contributed by atoms with E-state index in [1.807, 2.05) is 0 Å². The van der Waals surface area contributed by atoms with Crippen molar-refractivity contribution in [1.82, 2.24) is 9.78 Å². The number of nitrogens with one attached hydrogen (secondary N) is 1. The highest BCUT2D eigenvalue weighted by Gasteiger charge is 2.33. The number of anilines is 1. The van der Waals surface area contributed by atoms with Gasteiger partial charge in [-0.05, 0) is 42.2 Å². The van der Waals surface area contributed by atoms with Crippen molar-refractivity contribution in [3.63, 3.8) is 0 Å². The smallest absolute Gasteiger partial charge is 0.333 e. The number of carbonyl (C=O) groups is 2. The van der Waals surface area contributed by atoms with Crippen LogP contribution in [0.1, 0.15) is 65.0 Å². The van der Waals surface area contributed by atoms with Gasteiger partial charge in [-0.1, -0.05) is 20.8 Å². The van der Waals surface area contributed by atoms with E-state index in [2.05, 4.69) is 31.2 Å². The molecule has 0 aromatic carbocycles. The zero-order chi connectivity index (χ0) is 19.9. The van der Waals surface area contributed by atoms with Crippen LogP contribution in [-0.4, -0.2) is 21.6 Å². The molecule has 2 aromatic heterocycles. The Hall–Kier alpha value is -2.29. The monoisotopic (exact) mass is 396 g/mol. The molecule has 27 heavy (non-hydrogen) atoms. The maximum atomic E-state index is 13.0. The molecule has 146 valence electrons. The standard InChI is InChI=1S/C18H22F2N4O2S/c1-18(2,3)9-4-5-10-12(8-9)27-16(13(10)14(21)25)23-15(26)11-6-7-22-24(11)17(19)20/h6-7,9,17H,4-5,8H2,1-3H3,(H2,21,25)(H,23,26). The molecular weight excluding hydrogens is 374 g/mol. The fourth-order valence-electron chi connectivity index (χ4n) is 3.49. The van der Waals surface area contributed by atoms with Gasteiger partial charge >= 0.3 is 6.55 Å². The Labute approximate surface area is 159 Å². The van der Waals surface area contributed by atoms with E-state index in [1.165, 1.54) is 17.4 Å². The van der Waals surface area contributed by atoms with Gasteiger partial charge in [0, 0.05) is 11.1 Å². The summed E-state index contributed by atoms with van der Waals surface area (Å²) in [6.07, 6.45) is 3.56. The lowest BCUT2D eigenvalue weighted by atomic mass is 9.72. The number of nitrogens with two attached hydrogens (primary N) is 1. The van der Waals surface area contributed by atoms with Crippen LogP contribution in [0.5, 0.6) is 0 Å². The molecule has 0 spiro atoms. The first-order valence-corrected chi connectivity index (χ1v) is 9.48. The van der Waals surface area contributed by atoms with Crippen molar-refractivity contribution in [2.24, 2.45) is 17.1 Å². The fourth-order valence-corrected chi connectivity index (χ4v) is 4.82. The van der Waals surface area contributed by atoms with E-state index in [4.69, 9.17) is 5.73 Å². The fraction of sp³-hybridized carbons (Fsp3) is 0.500. The normalized spacial score (nSPS) is 17.0. The van der Waals surface area contributed by atoms with Crippen molar-refractivity contribution >= 4 is 28.2 Å². The minimum Gasteiger partial charge on any atom is -0.365 e. The van der Waals surface area contributed by atoms with E-state index >= 15 is 0 Å². The van der Waals surface area contributed by atoms with Crippen molar-refractivity contribution < 1.29 is 18.4 Å². The molecule has 0 bridgehead atoms. The molecule has 2 amide bonds. The molecule has 1 aliphatic rings. The lowest BCUT2D eigenvalue weighted by Gasteiger charge is -2.33. The zero-order valence-corrected chi connectivity index (χ0v) is 16.2. The maximum Gasteiger partial charge on any atom is 0.333 e. The van der Waals surface area contributed by atoms with E-state index in [1.54, 1.807) is 0 Å². The number of alkyl halides is 2. The van der Waals surface area contributed by atoms with Gasteiger partial charge in [0.25, 0.3) is 11.8 Å². The van der Waals surface area contributed by atoms with Gasteiger partial charge in [-0.15, -0.1) is 11.3 Å². The predicted octanol–water partition coefficient (Wildman–Crippen LogP) is 3.84. The molecule has 9 heteroatoms. The Kier molecular flexibility index (Phi) is 5.07. The number of aromatic nitrogens is 2. The quantitative estimate of drug-likeness (QED) is 0.823. The summed E-state index contributed by atoms with van der Waals surface area (Å²) >= 11 is 1.30. The predicted molar refractivity (Wildman–Crippen MR) is 99.2 cm³/mol. The molecule has 1 atom stereocenters. The molecular formula is C18H22F2N4O2S. The summed E-state index contributed by atoms with van der Waals surface area (Å²) in [5.41, 5.74) is 6.56. The summed E-state index contributed by atoms with van der Waals surface area (Å²) in [6.45, 7) is 3.61. The number of nitrogens with zero attached hydrogens (tertiary/aromatic N) is 2. The summed E-state index contributed by atoms with van der Waals surface area (Å²) in [6, 6.07) is 1.20. The molecule has 2 heterocycles. The van der Waals surface area contributed by atoms with E-state index in [0.717, 1.165) is 29.5 Å². The number of fused-ring (bicyclic) bond motifs is 1. The number of halogens is 2. The third-order valence-corrected chi connectivity index (χ3v) is 6.22. The summed E-state index contributed by atoms with van der Waals surface area (Å²) in [7, 11) is 0. The summed E-state index contributed by atoms with van der Waals surface area (Å²) < 4.78 is 26.2. The molecule has 1 aliphatic carbocycles. The number of hydrogen-bond acceptors (Lipinski definition) is 4. The molecule has 0 saturated carbocycles. The van der Waals surface area contributed by atoms with Crippen LogP contribution in [0.15, 0.2) is 12.3 Å². The van der Waals surface area contributed by atoms with Crippen LogP contribution in [0.25, 0.3) is 0 Å². The SMILES string of the molecule is CC(C)(C)C1CCc2c(sc(NC(=O)c3ccnn3C(F)F)c2C(N)=O)C1. The third-order valence-electron chi connectivity index (χ3n) is 5.05. The van der Waals surface area contributed by atoms with Gasteiger partial charge in [0.15, 0.2) is 0 Å². The van der Waals surface area contributed by atoms with Gasteiger partial charge in [-0.2, -0.15) is 18.6 Å². The molecule has 3 rings (SSSR count). The number of rotatable bonds is 4. The molecule has 0 radical (unpaired) electrons. The first kappa shape index (κ1) is 19.5. The van der Waals surface area contributed by atoms with Gasteiger partial charge in [0.2, 0.25) is 0 Å². The van der Waals surface area contributed by atoms with Gasteiger partial charge in [-0.25, -0.2) is 0 Å². The number of carbonyl (C=O) groups excluding carboxylic acids is 2. The maximum absolute atomic E-state index is 13.0. The second kappa shape index (κ2) is 7.03. The molecule has 0 saturated heterocycles. The van der Waals surface area contributed by atoms with Gasteiger partial charge in [0.05, 0.1) is 5.56 Å². The van der Waals surface area contributed by atoms with E-state index in [0.29, 0.717) is 27.6 Å². The van der Waals surface area contributed by atoms with Gasteiger partial charge in [-0.3, -0.25) is 9.59 Å². The van der Waals surface area contributed by atoms with Crippen molar-refractivity contribution in [3.8, 4) is 0 Å². The Balaban J connectivity index is 1.92. The van der Waals surface area contributed by atoms with Gasteiger partial charge < -0.3 is 11.1 Å². The minimum atomic E-state index is -2.93. The zero-order valence-electron chi connectivity index (χ0n) is 15.4. The summed E-state index contributed by atoms with van der Waals surface area (Å²) in [4.78, 5) is 25.5. The van der Waals surface area contributed by atoms with Crippen LogP contribution < -0.4 is 11.1 Å². The first-order valence-electron chi connectivity index (χ1n) is 8.67. The van der Waals surface area contributed by atoms with Crippen LogP contribution in [-0.2, 0) is 12.8 Å². The Morgan fingerprint density at radius 1 is 1.41 bits per heavy atom. The Bertz CT molecular complexity index is 883. The molecule has 6 nitrogen and oxygen atoms in total. The average Bonchev–Trinajstić information content (AvgIpc) is 3.17. The van der Waals surface area contributed by atoms with Gasteiger partial charge in [0.1, 0.15) is 10.7 Å². The van der Waals surface area contributed by atoms with Crippen molar-refractivity contribution in [2.75, 3.05) is 5.32 Å². The van der Waals surface area contributed by atoms with E-state index in [9.17, 15) is 18.4 Å². The molecule has 3 N–H and O–H groups in total. The van der Waals surface area contributed by atoms with E-state index in [-0.39, 0.29) is 11.1 Å². The number of amides is 2. The first-order chi connectivity index (χ1) is 12.6. The van der Waals surface area contributed by atoms with Crippen LogP contribution >= 0.6 is 11.3 Å². The topological polar surface area (TPSA) is 90.0 Å². The largest absolute Gasteiger partial charge is 0.365 e. The second-order valence-corrected chi connectivity index (χ2v) is 8.88. The minimum absolute atomic E-state index is 0.127. The van der Waals surface area contributed by atoms with Crippen molar-refractivity contribution in [2.45, 2.75) is 46.6 Å². The number of hydrogen-bond donors (Lipinski definition) is 2. The van der Waals surface area contributed by atoms with Crippen molar-refractivity contribution in [3.05, 3.63) is 34.0 Å². The van der Waals surface area contributed by atoms with Crippen LogP contribution in [0.3, 0.4) is 0 Å². The summed E-state index contributed by atoms with van der Waals surface area (Å²) in [5.74, 6) is -0.922. The lowest BCUT2D eigenvalue weighted by molar-refractivity contribution is 0.0520. The second-order valence-electron chi connectivity index (χ2n) is 7.77. The summed E-state index contributed by atoms with van der Waals surface area (Å²) in [5, 5.41) is 6.35. The van der Waals surface area contributed by atoms with Crippen molar-refractivity contribution in [1.29, 1.82) is 0 Å². The van der Waals surface area contributed by atoms with Crippen LogP contribution in [0.4, 0.5) is 13.8 Å². The number of thiophene rings is 1. The lowest BCUT2D eigenvalue weighted by Crippen LogP contribution is -2.27. The molecule has 0 fully saturated rings. The Morgan fingerprint density at radius 2 is 2.11 bits per heavy atom. The average molecular weight is 396 g/mol. The Morgan fingerprint density at radius 3 is 2.70 bits per heavy atom. The highest BCUT2D eigenvalue weighted by Crippen LogP contribution is 2.44. The van der Waals surface area contributed by atoms with Crippen LogP contribution in [0, 0.1) is 11.3 Å². The molecule has 2 aromatic rings. The number of primary amides is 1. The molecule has 1 unspecified atom stereocenters. The third kappa shape index (κ3) is 3.73. The molecule has 0 aliphatic heterocycles. The highest BCUT2D eigenvalue weighted by atomic mass is 32.1. The van der Waals surface area contributed by atoms with E-state index < -0.39 is 18.4 Å². The van der Waals surface area contributed by atoms with Crippen LogP contribution in [0.2, 0.25) is 0 Å². The highest BCUT2D eigenvalue weighted by molar-refractivity contribution is 7.17.